The monoisotopic (exact) mass is 345 g/mol. The number of carbonyl (C=O) groups is 1. The number of rotatable bonds is 4. The Labute approximate surface area is 134 Å². The second kappa shape index (κ2) is 6.18. The predicted molar refractivity (Wildman–Crippen MR) is 81.5 cm³/mol. The Kier molecular flexibility index (Phi) is 4.79. The molecule has 1 aromatic carbocycles. The summed E-state index contributed by atoms with van der Waals surface area (Å²) in [5.41, 5.74) is -1.09. The van der Waals surface area contributed by atoms with Crippen molar-refractivity contribution in [3.05, 3.63) is 29.1 Å². The van der Waals surface area contributed by atoms with Gasteiger partial charge in [-0.2, -0.15) is 4.31 Å². The Morgan fingerprint density at radius 1 is 1.35 bits per heavy atom. The van der Waals surface area contributed by atoms with E-state index >= 15 is 0 Å². The molecule has 0 amide bonds. The van der Waals surface area contributed by atoms with Crippen molar-refractivity contribution in [2.75, 3.05) is 20.3 Å². The normalized spacial score (nSPS) is 18.1. The molecule has 1 N–H and O–H groups in total. The number of ether oxygens (including phenoxy) is 1. The third-order valence-electron chi connectivity index (χ3n) is 4.54. The van der Waals surface area contributed by atoms with Crippen LogP contribution in [0.25, 0.3) is 0 Å². The van der Waals surface area contributed by atoms with Crippen LogP contribution in [0.1, 0.15) is 35.7 Å². The van der Waals surface area contributed by atoms with Crippen LogP contribution in [-0.2, 0) is 14.8 Å². The topological polar surface area (TPSA) is 83.9 Å². The molecular formula is C15H20FNO5S. The van der Waals surface area contributed by atoms with E-state index < -0.39 is 27.3 Å². The highest BCUT2D eigenvalue weighted by atomic mass is 32.2. The molecule has 0 atom stereocenters. The van der Waals surface area contributed by atoms with Crippen molar-refractivity contribution < 1.29 is 27.4 Å². The summed E-state index contributed by atoms with van der Waals surface area (Å²) in [6, 6.07) is 1.88. The first-order valence-electron chi connectivity index (χ1n) is 7.20. The first-order chi connectivity index (χ1) is 10.6. The van der Waals surface area contributed by atoms with Crippen molar-refractivity contribution in [2.24, 2.45) is 0 Å². The lowest BCUT2D eigenvalue weighted by Gasteiger charge is -2.40. The van der Waals surface area contributed by atoms with Gasteiger partial charge in [0, 0.05) is 25.8 Å². The molecule has 0 saturated carbocycles. The molecule has 0 unspecified atom stereocenters. The number of aromatic carboxylic acids is 1. The number of halogens is 1. The first kappa shape index (κ1) is 17.8. The minimum Gasteiger partial charge on any atom is -0.478 e. The van der Waals surface area contributed by atoms with Crippen LogP contribution in [0.4, 0.5) is 4.39 Å². The number of carboxylic acid groups (broad SMARTS) is 1. The molecule has 1 heterocycles. The summed E-state index contributed by atoms with van der Waals surface area (Å²) in [6.45, 7) is 3.99. The average molecular weight is 345 g/mol. The van der Waals surface area contributed by atoms with E-state index in [1.807, 2.05) is 0 Å². The summed E-state index contributed by atoms with van der Waals surface area (Å²) in [4.78, 5) is 10.8. The second-order valence-corrected chi connectivity index (χ2v) is 7.93. The summed E-state index contributed by atoms with van der Waals surface area (Å²) in [5.74, 6) is -2.22. The van der Waals surface area contributed by atoms with Crippen molar-refractivity contribution >= 4 is 16.0 Å². The van der Waals surface area contributed by atoms with Crippen molar-refractivity contribution in [3.8, 4) is 0 Å². The number of carboxylic acids is 1. The van der Waals surface area contributed by atoms with Crippen LogP contribution < -0.4 is 0 Å². The number of hydrogen-bond acceptors (Lipinski definition) is 4. The van der Waals surface area contributed by atoms with Gasteiger partial charge in [0.15, 0.2) is 0 Å². The highest BCUT2D eigenvalue weighted by molar-refractivity contribution is 7.89. The number of nitrogens with zero attached hydrogens (tertiary/aromatic N) is 1. The van der Waals surface area contributed by atoms with Crippen LogP contribution in [0, 0.1) is 12.7 Å². The molecule has 1 fully saturated rings. The molecule has 1 saturated heterocycles. The molecule has 0 bridgehead atoms. The fourth-order valence-electron chi connectivity index (χ4n) is 2.60. The van der Waals surface area contributed by atoms with E-state index in [2.05, 4.69) is 0 Å². The zero-order valence-corrected chi connectivity index (χ0v) is 14.1. The van der Waals surface area contributed by atoms with Crippen molar-refractivity contribution in [1.82, 2.24) is 4.31 Å². The van der Waals surface area contributed by atoms with Crippen LogP contribution in [-0.4, -0.2) is 49.6 Å². The van der Waals surface area contributed by atoms with Crippen LogP contribution in [0.15, 0.2) is 17.0 Å². The maximum absolute atomic E-state index is 14.0. The summed E-state index contributed by atoms with van der Waals surface area (Å²) in [5, 5.41) is 9.13. The van der Waals surface area contributed by atoms with E-state index in [4.69, 9.17) is 9.84 Å². The summed E-state index contributed by atoms with van der Waals surface area (Å²) in [6.07, 6.45) is 1.03. The minimum atomic E-state index is -4.02. The minimum absolute atomic E-state index is 0.0867. The Bertz CT molecular complexity index is 726. The summed E-state index contributed by atoms with van der Waals surface area (Å²) >= 11 is 0. The van der Waals surface area contributed by atoms with E-state index in [0.29, 0.717) is 26.1 Å². The van der Waals surface area contributed by atoms with E-state index in [-0.39, 0.29) is 16.0 Å². The van der Waals surface area contributed by atoms with Crippen molar-refractivity contribution in [3.63, 3.8) is 0 Å². The SMILES string of the molecule is Cc1c(F)cc(S(=O)(=O)N(C)C2(C)CCOCC2)cc1C(=O)O. The average Bonchev–Trinajstić information content (AvgIpc) is 2.49. The second-order valence-electron chi connectivity index (χ2n) is 5.96. The maximum Gasteiger partial charge on any atom is 0.336 e. The van der Waals surface area contributed by atoms with Gasteiger partial charge in [0.05, 0.1) is 10.5 Å². The van der Waals surface area contributed by atoms with Gasteiger partial charge in [-0.1, -0.05) is 0 Å². The molecule has 0 spiro atoms. The summed E-state index contributed by atoms with van der Waals surface area (Å²) < 4.78 is 46.0. The third kappa shape index (κ3) is 3.24. The van der Waals surface area contributed by atoms with E-state index in [1.54, 1.807) is 6.92 Å². The van der Waals surface area contributed by atoms with Crippen LogP contribution >= 0.6 is 0 Å². The first-order valence-corrected chi connectivity index (χ1v) is 8.64. The van der Waals surface area contributed by atoms with Gasteiger partial charge in [0.2, 0.25) is 10.0 Å². The lowest BCUT2D eigenvalue weighted by atomic mass is 9.93. The quantitative estimate of drug-likeness (QED) is 0.902. The molecule has 0 radical (unpaired) electrons. The van der Waals surface area contributed by atoms with Gasteiger partial charge in [-0.15, -0.1) is 0 Å². The fraction of sp³-hybridized carbons (Fsp3) is 0.533. The number of sulfonamides is 1. The smallest absolute Gasteiger partial charge is 0.336 e. The zero-order valence-electron chi connectivity index (χ0n) is 13.3. The summed E-state index contributed by atoms with van der Waals surface area (Å²) in [7, 11) is -2.59. The lowest BCUT2D eigenvalue weighted by Crippen LogP contribution is -2.50. The maximum atomic E-state index is 14.0. The Balaban J connectivity index is 2.49. The van der Waals surface area contributed by atoms with Gasteiger partial charge in [-0.3, -0.25) is 0 Å². The predicted octanol–water partition coefficient (Wildman–Crippen LogP) is 2.02. The molecule has 0 aliphatic carbocycles. The lowest BCUT2D eigenvalue weighted by molar-refractivity contribution is 0.0213. The molecule has 23 heavy (non-hydrogen) atoms. The van der Waals surface area contributed by atoms with Gasteiger partial charge >= 0.3 is 5.97 Å². The van der Waals surface area contributed by atoms with Gasteiger partial charge in [0.25, 0.3) is 0 Å². The molecule has 8 heteroatoms. The van der Waals surface area contributed by atoms with Crippen LogP contribution in [0.5, 0.6) is 0 Å². The molecular weight excluding hydrogens is 325 g/mol. The van der Waals surface area contributed by atoms with Crippen molar-refractivity contribution in [1.29, 1.82) is 0 Å². The number of benzene rings is 1. The van der Waals surface area contributed by atoms with E-state index in [0.717, 1.165) is 12.1 Å². The van der Waals surface area contributed by atoms with Crippen LogP contribution in [0.2, 0.25) is 0 Å². The van der Waals surface area contributed by atoms with Crippen molar-refractivity contribution in [2.45, 2.75) is 37.1 Å². The Morgan fingerprint density at radius 2 is 1.91 bits per heavy atom. The van der Waals surface area contributed by atoms with Gasteiger partial charge in [-0.25, -0.2) is 17.6 Å². The van der Waals surface area contributed by atoms with Gasteiger partial charge < -0.3 is 9.84 Å². The van der Waals surface area contributed by atoms with Gasteiger partial charge in [0.1, 0.15) is 5.82 Å². The van der Waals surface area contributed by atoms with Gasteiger partial charge in [-0.05, 0) is 44.4 Å². The standard InChI is InChI=1S/C15H20FNO5S/c1-10-12(14(18)19)8-11(9-13(10)16)23(20,21)17(3)15(2)4-6-22-7-5-15/h8-9H,4-7H2,1-3H3,(H,18,19). The largest absolute Gasteiger partial charge is 0.478 e. The molecule has 0 aromatic heterocycles. The molecule has 2 rings (SSSR count). The third-order valence-corrected chi connectivity index (χ3v) is 6.53. The van der Waals surface area contributed by atoms with E-state index in [9.17, 15) is 17.6 Å². The van der Waals surface area contributed by atoms with Crippen LogP contribution in [0.3, 0.4) is 0 Å². The molecule has 1 aromatic rings. The highest BCUT2D eigenvalue weighted by Crippen LogP contribution is 2.32. The Hall–Kier alpha value is -1.51. The fourth-order valence-corrected chi connectivity index (χ4v) is 4.20. The number of hydrogen-bond donors (Lipinski definition) is 1. The molecule has 1 aliphatic rings. The van der Waals surface area contributed by atoms with E-state index in [1.165, 1.54) is 18.3 Å². The Morgan fingerprint density at radius 3 is 2.43 bits per heavy atom. The molecule has 1 aliphatic heterocycles. The molecule has 6 nitrogen and oxygen atoms in total. The highest BCUT2D eigenvalue weighted by Gasteiger charge is 2.39. The molecule has 128 valence electrons. The zero-order chi connectivity index (χ0) is 17.4.